The molecule has 0 radical (unpaired) electrons. The van der Waals surface area contributed by atoms with Crippen LogP contribution in [0.2, 0.25) is 0 Å². The van der Waals surface area contributed by atoms with E-state index in [0.29, 0.717) is 0 Å². The highest BCUT2D eigenvalue weighted by Crippen LogP contribution is 2.14. The molecule has 0 spiro atoms. The predicted molar refractivity (Wildman–Crippen MR) is 57.4 cm³/mol. The topological polar surface area (TPSA) is 38.3 Å². The first kappa shape index (κ1) is 10.1. The van der Waals surface area contributed by atoms with Crippen LogP contribution >= 0.6 is 0 Å². The van der Waals surface area contributed by atoms with Gasteiger partial charge in [0, 0.05) is 0 Å². The van der Waals surface area contributed by atoms with E-state index in [1.54, 1.807) is 12.5 Å². The van der Waals surface area contributed by atoms with Crippen LogP contribution in [0.1, 0.15) is 30.0 Å². The molecule has 2 aromatic rings. The van der Waals surface area contributed by atoms with Crippen molar-refractivity contribution in [2.24, 2.45) is 0 Å². The van der Waals surface area contributed by atoms with Gasteiger partial charge in [0.25, 0.3) is 0 Å². The van der Waals surface area contributed by atoms with Crippen LogP contribution < -0.4 is 5.32 Å². The Bertz CT molecular complexity index is 403. The largest absolute Gasteiger partial charge is 0.468 e. The second-order valence-electron chi connectivity index (χ2n) is 3.64. The van der Waals surface area contributed by atoms with E-state index >= 15 is 0 Å². The molecule has 2 heterocycles. The van der Waals surface area contributed by atoms with Gasteiger partial charge in [0.05, 0.1) is 25.1 Å². The molecule has 3 nitrogen and oxygen atoms in total. The summed E-state index contributed by atoms with van der Waals surface area (Å²) in [6.45, 7) is 4.83. The quantitative estimate of drug-likeness (QED) is 0.833. The minimum absolute atomic E-state index is 0.199. The van der Waals surface area contributed by atoms with E-state index in [9.17, 15) is 0 Å². The van der Waals surface area contributed by atoms with E-state index < -0.39 is 0 Å². The van der Waals surface area contributed by atoms with Gasteiger partial charge < -0.3 is 14.2 Å². The van der Waals surface area contributed by atoms with Gasteiger partial charge in [0.1, 0.15) is 11.5 Å². The first-order valence-electron chi connectivity index (χ1n) is 5.07. The van der Waals surface area contributed by atoms with E-state index in [4.69, 9.17) is 8.83 Å². The highest BCUT2D eigenvalue weighted by molar-refractivity contribution is 5.14. The molecule has 1 unspecified atom stereocenters. The zero-order valence-corrected chi connectivity index (χ0v) is 8.99. The van der Waals surface area contributed by atoms with Gasteiger partial charge >= 0.3 is 0 Å². The lowest BCUT2D eigenvalue weighted by Crippen LogP contribution is -2.17. The highest BCUT2D eigenvalue weighted by atomic mass is 16.3. The Kier molecular flexibility index (Phi) is 2.92. The van der Waals surface area contributed by atoms with Crippen molar-refractivity contribution in [3.8, 4) is 0 Å². The van der Waals surface area contributed by atoms with Gasteiger partial charge in [-0.1, -0.05) is 0 Å². The summed E-state index contributed by atoms with van der Waals surface area (Å²) in [5.41, 5.74) is 1.18. The van der Waals surface area contributed by atoms with Crippen molar-refractivity contribution < 1.29 is 8.83 Å². The number of hydrogen-bond acceptors (Lipinski definition) is 3. The Labute approximate surface area is 89.1 Å². The molecule has 3 heteroatoms. The summed E-state index contributed by atoms with van der Waals surface area (Å²) >= 11 is 0. The molecule has 0 fully saturated rings. The van der Waals surface area contributed by atoms with Crippen molar-refractivity contribution in [3.63, 3.8) is 0 Å². The maximum Gasteiger partial charge on any atom is 0.120 e. The molecule has 0 aliphatic heterocycles. The van der Waals surface area contributed by atoms with Gasteiger partial charge in [-0.05, 0) is 37.6 Å². The average Bonchev–Trinajstić information content (AvgIpc) is 2.85. The van der Waals surface area contributed by atoms with Crippen molar-refractivity contribution in [2.75, 3.05) is 0 Å². The SMILES string of the molecule is Cc1ccoc1CNC(C)c1ccco1. The fourth-order valence-corrected chi connectivity index (χ4v) is 1.47. The van der Waals surface area contributed by atoms with E-state index in [1.807, 2.05) is 25.1 Å². The third kappa shape index (κ3) is 2.30. The molecule has 2 rings (SSSR count). The molecule has 15 heavy (non-hydrogen) atoms. The van der Waals surface area contributed by atoms with Crippen molar-refractivity contribution in [1.29, 1.82) is 0 Å². The maximum atomic E-state index is 5.34. The van der Waals surface area contributed by atoms with Gasteiger partial charge in [-0.3, -0.25) is 0 Å². The summed E-state index contributed by atoms with van der Waals surface area (Å²) in [6.07, 6.45) is 3.40. The van der Waals surface area contributed by atoms with E-state index in [0.717, 1.165) is 18.1 Å². The molecule has 0 amide bonds. The number of nitrogens with one attached hydrogen (secondary N) is 1. The standard InChI is InChI=1S/C12H15NO2/c1-9-5-7-15-12(9)8-13-10(2)11-4-3-6-14-11/h3-7,10,13H,8H2,1-2H3. The molecule has 0 aliphatic carbocycles. The third-order valence-corrected chi connectivity index (χ3v) is 2.51. The Morgan fingerprint density at radius 3 is 2.73 bits per heavy atom. The van der Waals surface area contributed by atoms with Gasteiger partial charge in [-0.25, -0.2) is 0 Å². The maximum absolute atomic E-state index is 5.34. The van der Waals surface area contributed by atoms with Crippen molar-refractivity contribution >= 4 is 0 Å². The zero-order valence-electron chi connectivity index (χ0n) is 8.99. The van der Waals surface area contributed by atoms with Crippen LogP contribution in [0.25, 0.3) is 0 Å². The average molecular weight is 205 g/mol. The van der Waals surface area contributed by atoms with E-state index in [-0.39, 0.29) is 6.04 Å². The monoisotopic (exact) mass is 205 g/mol. The molecule has 2 aromatic heterocycles. The molecule has 1 atom stereocenters. The summed E-state index contributed by atoms with van der Waals surface area (Å²) in [6, 6.07) is 6.02. The molecule has 0 aliphatic rings. The number of hydrogen-bond donors (Lipinski definition) is 1. The van der Waals surface area contributed by atoms with Gasteiger partial charge in [-0.15, -0.1) is 0 Å². The van der Waals surface area contributed by atoms with Crippen molar-refractivity contribution in [3.05, 3.63) is 47.8 Å². The first-order chi connectivity index (χ1) is 7.27. The van der Waals surface area contributed by atoms with Crippen molar-refractivity contribution in [2.45, 2.75) is 26.4 Å². The summed E-state index contributed by atoms with van der Waals surface area (Å²) in [5, 5.41) is 3.34. The molecule has 1 N–H and O–H groups in total. The summed E-state index contributed by atoms with van der Waals surface area (Å²) in [4.78, 5) is 0. The molecular weight excluding hydrogens is 190 g/mol. The lowest BCUT2D eigenvalue weighted by molar-refractivity contribution is 0.406. The Balaban J connectivity index is 1.91. The van der Waals surface area contributed by atoms with E-state index in [1.165, 1.54) is 5.56 Å². The van der Waals surface area contributed by atoms with Crippen molar-refractivity contribution in [1.82, 2.24) is 5.32 Å². The summed E-state index contributed by atoms with van der Waals surface area (Å²) in [5.74, 6) is 1.92. The normalized spacial score (nSPS) is 12.9. The third-order valence-electron chi connectivity index (χ3n) is 2.51. The molecule has 0 bridgehead atoms. The first-order valence-corrected chi connectivity index (χ1v) is 5.07. The lowest BCUT2D eigenvalue weighted by Gasteiger charge is -2.09. The van der Waals surface area contributed by atoms with Gasteiger partial charge in [-0.2, -0.15) is 0 Å². The summed E-state index contributed by atoms with van der Waals surface area (Å²) < 4.78 is 10.6. The van der Waals surface area contributed by atoms with Gasteiger partial charge in [0.15, 0.2) is 0 Å². The molecular formula is C12H15NO2. The van der Waals surface area contributed by atoms with Crippen LogP contribution in [0.4, 0.5) is 0 Å². The molecule has 0 saturated carbocycles. The van der Waals surface area contributed by atoms with Crippen LogP contribution in [0, 0.1) is 6.92 Å². The zero-order chi connectivity index (χ0) is 10.7. The second kappa shape index (κ2) is 4.36. The lowest BCUT2D eigenvalue weighted by atomic mass is 10.2. The highest BCUT2D eigenvalue weighted by Gasteiger charge is 2.09. The van der Waals surface area contributed by atoms with E-state index in [2.05, 4.69) is 12.2 Å². The van der Waals surface area contributed by atoms with Crippen LogP contribution in [-0.4, -0.2) is 0 Å². The smallest absolute Gasteiger partial charge is 0.120 e. The Hall–Kier alpha value is -1.48. The minimum Gasteiger partial charge on any atom is -0.468 e. The Morgan fingerprint density at radius 1 is 1.27 bits per heavy atom. The fourth-order valence-electron chi connectivity index (χ4n) is 1.47. The second-order valence-corrected chi connectivity index (χ2v) is 3.64. The van der Waals surface area contributed by atoms with Crippen LogP contribution in [0.3, 0.4) is 0 Å². The number of aryl methyl sites for hydroxylation is 1. The molecule has 80 valence electrons. The molecule has 0 aromatic carbocycles. The van der Waals surface area contributed by atoms with Gasteiger partial charge in [0.2, 0.25) is 0 Å². The molecule has 0 saturated heterocycles. The van der Waals surface area contributed by atoms with Crippen LogP contribution in [-0.2, 0) is 6.54 Å². The summed E-state index contributed by atoms with van der Waals surface area (Å²) in [7, 11) is 0. The Morgan fingerprint density at radius 2 is 2.13 bits per heavy atom. The number of rotatable bonds is 4. The van der Waals surface area contributed by atoms with Crippen LogP contribution in [0.5, 0.6) is 0 Å². The minimum atomic E-state index is 0.199. The predicted octanol–water partition coefficient (Wildman–Crippen LogP) is 3.03. The fraction of sp³-hybridized carbons (Fsp3) is 0.333. The number of furan rings is 2. The van der Waals surface area contributed by atoms with Crippen LogP contribution in [0.15, 0.2) is 39.6 Å².